The Morgan fingerprint density at radius 2 is 1.64 bits per heavy atom. The molecule has 0 aromatic carbocycles. The van der Waals surface area contributed by atoms with Gasteiger partial charge in [0.25, 0.3) is 0 Å². The molecular formula is C5H17NO4Si. The molecule has 70 valence electrons. The molecule has 0 aromatic heterocycles. The minimum Gasteiger partial charge on any atom is -0.547 e. The normalized spacial score (nSPS) is 10.7. The number of rotatable bonds is 1. The molecule has 0 amide bonds. The van der Waals surface area contributed by atoms with Gasteiger partial charge in [-0.3, -0.25) is 0 Å². The number of hydrogen-bond donors (Lipinski definition) is 3. The maximum absolute atomic E-state index is 9.34. The van der Waals surface area contributed by atoms with Crippen LogP contribution in [0.1, 0.15) is 6.92 Å². The van der Waals surface area contributed by atoms with Crippen molar-refractivity contribution in [1.29, 1.82) is 0 Å². The molecule has 0 spiro atoms. The van der Waals surface area contributed by atoms with Gasteiger partial charge in [0, 0.05) is 0 Å². The summed E-state index contributed by atoms with van der Waals surface area (Å²) in [6, 6.07) is 0. The predicted octanol–water partition coefficient (Wildman–Crippen LogP) is -1.54. The second-order valence-corrected chi connectivity index (χ2v) is 4.28. The Hall–Kier alpha value is -0.433. The predicted molar refractivity (Wildman–Crippen MR) is 43.8 cm³/mol. The van der Waals surface area contributed by atoms with E-state index in [1.165, 1.54) is 0 Å². The molecule has 0 saturated carbocycles. The maximum atomic E-state index is 9.34. The van der Waals surface area contributed by atoms with Gasteiger partial charge in [-0.1, -0.05) is 0 Å². The maximum Gasteiger partial charge on any atom is 0.166 e. The molecule has 5 nitrogen and oxygen atoms in total. The summed E-state index contributed by atoms with van der Waals surface area (Å²) in [5.41, 5.74) is 0. The number of aliphatic hydroxyl groups is 1. The third-order valence-electron chi connectivity index (χ3n) is 0.341. The van der Waals surface area contributed by atoms with E-state index in [9.17, 15) is 9.90 Å². The first-order chi connectivity index (χ1) is 4.37. The number of carbonyl (C=O) groups is 1. The van der Waals surface area contributed by atoms with E-state index >= 15 is 0 Å². The molecule has 0 aliphatic rings. The van der Waals surface area contributed by atoms with E-state index < -0.39 is 21.1 Å². The van der Waals surface area contributed by atoms with Crippen LogP contribution in [0.15, 0.2) is 0 Å². The Bertz CT molecular complexity index is 93.7. The minimum atomic E-state index is -1.44. The van der Waals surface area contributed by atoms with E-state index in [1.54, 1.807) is 0 Å². The Balaban J connectivity index is -0.000000114. The Morgan fingerprint density at radius 3 is 1.64 bits per heavy atom. The number of aliphatic hydroxyl groups excluding tert-OH is 1. The van der Waals surface area contributed by atoms with Crippen LogP contribution in [-0.4, -0.2) is 31.0 Å². The summed E-state index contributed by atoms with van der Waals surface area (Å²) in [7, 11) is -1.14. The van der Waals surface area contributed by atoms with Crippen LogP contribution in [0.5, 0.6) is 0 Å². The quantitative estimate of drug-likeness (QED) is 0.427. The fourth-order valence-corrected chi connectivity index (χ4v) is 0. The van der Waals surface area contributed by atoms with Gasteiger partial charge in [0.1, 0.15) is 0 Å². The lowest BCUT2D eigenvalue weighted by atomic mass is 10.4. The average Bonchev–Trinajstić information content (AvgIpc) is 1.63. The molecule has 0 aliphatic heterocycles. The lowest BCUT2D eigenvalue weighted by Crippen LogP contribution is -2.32. The number of hydrogen-bond acceptors (Lipinski definition) is 4. The third kappa shape index (κ3) is 43.1. The van der Waals surface area contributed by atoms with Gasteiger partial charge in [-0.15, -0.1) is 0 Å². The van der Waals surface area contributed by atoms with Crippen LogP contribution in [0.2, 0.25) is 13.1 Å². The van der Waals surface area contributed by atoms with Gasteiger partial charge in [-0.2, -0.15) is 0 Å². The summed E-state index contributed by atoms with van der Waals surface area (Å²) in [6.45, 7) is 4.86. The Labute approximate surface area is 68.0 Å². The van der Waals surface area contributed by atoms with Gasteiger partial charge in [-0.05, 0) is 20.0 Å². The molecule has 11 heavy (non-hydrogen) atoms. The fourth-order valence-electron chi connectivity index (χ4n) is 0. The highest BCUT2D eigenvalue weighted by atomic mass is 28.3. The third-order valence-corrected chi connectivity index (χ3v) is 0.341. The summed E-state index contributed by atoms with van der Waals surface area (Å²) >= 11 is 0. The van der Waals surface area contributed by atoms with E-state index in [0.717, 1.165) is 6.92 Å². The first-order valence-electron chi connectivity index (χ1n) is 2.95. The summed E-state index contributed by atoms with van der Waals surface area (Å²) in [6.07, 6.45) is -1.34. The van der Waals surface area contributed by atoms with Crippen LogP contribution >= 0.6 is 0 Å². The number of aliphatic carboxylic acids is 1. The monoisotopic (exact) mass is 183 g/mol. The Morgan fingerprint density at radius 1 is 1.55 bits per heavy atom. The molecule has 0 heterocycles. The van der Waals surface area contributed by atoms with Gasteiger partial charge in [-0.25, -0.2) is 0 Å². The minimum absolute atomic E-state index is 0. The second kappa shape index (κ2) is 9.57. The average molecular weight is 183 g/mol. The molecule has 0 fully saturated rings. The lowest BCUT2D eigenvalue weighted by molar-refractivity contribution is -0.314. The first-order valence-corrected chi connectivity index (χ1v) is 5.77. The molecular weight excluding hydrogens is 166 g/mol. The standard InChI is InChI=1S/C3H6O3.C2H8OSi.H3N/c1-2(4)3(5)6;1-4(2)3;/h2,4H,1H3,(H,5,6);3-4H,1-2H3;1H3. The van der Waals surface area contributed by atoms with E-state index in [-0.39, 0.29) is 6.15 Å². The molecule has 0 aromatic rings. The molecule has 0 bridgehead atoms. The van der Waals surface area contributed by atoms with Gasteiger partial charge in [0.05, 0.1) is 12.1 Å². The highest BCUT2D eigenvalue weighted by Gasteiger charge is 1.89. The lowest BCUT2D eigenvalue weighted by Gasteiger charge is -2.00. The fraction of sp³-hybridized carbons (Fsp3) is 0.800. The van der Waals surface area contributed by atoms with E-state index in [1.807, 2.05) is 13.1 Å². The van der Waals surface area contributed by atoms with Gasteiger partial charge >= 0.3 is 0 Å². The number of carbonyl (C=O) groups excluding carboxylic acids is 1. The van der Waals surface area contributed by atoms with Crippen molar-refractivity contribution in [3.63, 3.8) is 0 Å². The number of carboxylic acids is 1. The van der Waals surface area contributed by atoms with Crippen LogP contribution in [0, 0.1) is 0 Å². The number of quaternary nitrogens is 1. The highest BCUT2D eigenvalue weighted by molar-refractivity contribution is 6.46. The van der Waals surface area contributed by atoms with Crippen molar-refractivity contribution in [1.82, 2.24) is 6.15 Å². The smallest absolute Gasteiger partial charge is 0.166 e. The van der Waals surface area contributed by atoms with Crippen molar-refractivity contribution in [2.75, 3.05) is 0 Å². The topological polar surface area (TPSA) is 117 Å². The second-order valence-electron chi connectivity index (χ2n) is 2.09. The molecule has 6 heteroatoms. The van der Waals surface area contributed by atoms with Gasteiger partial charge in [0.15, 0.2) is 9.04 Å². The van der Waals surface area contributed by atoms with Gasteiger partial charge in [0.2, 0.25) is 0 Å². The van der Waals surface area contributed by atoms with Gasteiger partial charge < -0.3 is 26.0 Å². The molecule has 0 saturated heterocycles. The molecule has 6 N–H and O–H groups in total. The van der Waals surface area contributed by atoms with Crippen molar-refractivity contribution in [3.8, 4) is 0 Å². The zero-order chi connectivity index (χ0) is 8.73. The molecule has 0 radical (unpaired) electrons. The summed E-state index contributed by atoms with van der Waals surface area (Å²) in [5.74, 6) is -1.44. The van der Waals surface area contributed by atoms with Crippen molar-refractivity contribution >= 4 is 15.0 Å². The van der Waals surface area contributed by atoms with Crippen LogP contribution in [0.4, 0.5) is 0 Å². The van der Waals surface area contributed by atoms with Crippen molar-refractivity contribution in [2.45, 2.75) is 26.1 Å². The molecule has 1 unspecified atom stereocenters. The molecule has 0 aliphatic carbocycles. The van der Waals surface area contributed by atoms with Crippen LogP contribution < -0.4 is 11.3 Å². The molecule has 1 atom stereocenters. The van der Waals surface area contributed by atoms with E-state index in [2.05, 4.69) is 0 Å². The summed E-state index contributed by atoms with van der Waals surface area (Å²) in [5, 5.41) is 17.3. The van der Waals surface area contributed by atoms with Crippen LogP contribution in [0.3, 0.4) is 0 Å². The highest BCUT2D eigenvalue weighted by Crippen LogP contribution is 1.69. The van der Waals surface area contributed by atoms with E-state index in [4.69, 9.17) is 9.90 Å². The van der Waals surface area contributed by atoms with Crippen molar-refractivity contribution in [2.24, 2.45) is 0 Å². The first kappa shape index (κ1) is 16.9. The largest absolute Gasteiger partial charge is 0.547 e. The van der Waals surface area contributed by atoms with Crippen LogP contribution in [-0.2, 0) is 4.79 Å². The summed E-state index contributed by atoms with van der Waals surface area (Å²) in [4.78, 5) is 17.5. The zero-order valence-electron chi connectivity index (χ0n) is 7.37. The van der Waals surface area contributed by atoms with Crippen molar-refractivity contribution in [3.05, 3.63) is 0 Å². The zero-order valence-corrected chi connectivity index (χ0v) is 8.52. The number of carboxylic acid groups (broad SMARTS) is 1. The SMILES string of the molecule is CC(O)C(=O)[O-].C[SiH](C)O.[NH4+]. The Kier molecular flexibility index (Phi) is 14.7. The van der Waals surface area contributed by atoms with Crippen molar-refractivity contribution < 1.29 is 19.8 Å². The summed E-state index contributed by atoms with van der Waals surface area (Å²) < 4.78 is 0. The van der Waals surface area contributed by atoms with E-state index in [0.29, 0.717) is 0 Å². The van der Waals surface area contributed by atoms with Crippen LogP contribution in [0.25, 0.3) is 0 Å². The molecule has 0 rings (SSSR count).